The van der Waals surface area contributed by atoms with Crippen molar-refractivity contribution >= 4 is 53.7 Å². The number of aromatic nitrogens is 1. The number of hydrogen-bond donors (Lipinski definition) is 1. The third kappa shape index (κ3) is 4.43. The number of anilines is 1. The van der Waals surface area contributed by atoms with Crippen molar-refractivity contribution in [3.8, 4) is 22.3 Å². The molecule has 0 bridgehead atoms. The maximum atomic E-state index is 5.14. The molecule has 3 heteroatoms. The van der Waals surface area contributed by atoms with Gasteiger partial charge in [-0.1, -0.05) is 133 Å². The van der Waals surface area contributed by atoms with E-state index >= 15 is 0 Å². The quantitative estimate of drug-likeness (QED) is 0.216. The molecule has 6 aromatic carbocycles. The average Bonchev–Trinajstić information content (AvgIpc) is 3.51. The zero-order valence-electron chi connectivity index (χ0n) is 25.4. The number of benzene rings is 6. The fourth-order valence-corrected chi connectivity index (χ4v) is 8.23. The number of pyridine rings is 1. The van der Waals surface area contributed by atoms with Crippen LogP contribution in [0.3, 0.4) is 0 Å². The second-order valence-electron chi connectivity index (χ2n) is 12.0. The zero-order chi connectivity index (χ0) is 30.6. The lowest BCUT2D eigenvalue weighted by Gasteiger charge is -2.28. The highest BCUT2D eigenvalue weighted by atomic mass is 32.1. The highest BCUT2D eigenvalue weighted by Gasteiger charge is 2.25. The molecule has 2 aromatic heterocycles. The molecular formula is C43H30N2S. The van der Waals surface area contributed by atoms with Crippen LogP contribution < -0.4 is 5.32 Å². The Morgan fingerprint density at radius 3 is 2.07 bits per heavy atom. The molecule has 0 aliphatic carbocycles. The third-order valence-electron chi connectivity index (χ3n) is 9.19. The second-order valence-corrected chi connectivity index (χ2v) is 13.1. The lowest BCUT2D eigenvalue weighted by molar-refractivity contribution is 0.974. The Bertz CT molecular complexity index is 2440. The summed E-state index contributed by atoms with van der Waals surface area (Å²) in [6.07, 6.45) is 2.37. The van der Waals surface area contributed by atoms with E-state index in [0.717, 1.165) is 22.3 Å². The summed E-state index contributed by atoms with van der Waals surface area (Å²) in [5.74, 6) is 0. The number of nitrogens with zero attached hydrogens (tertiary/aromatic N) is 1. The molecule has 1 atom stereocenters. The molecule has 2 nitrogen and oxygen atoms in total. The normalized spacial score (nSPS) is 14.3. The Balaban J connectivity index is 1.17. The first-order chi connectivity index (χ1) is 22.7. The van der Waals surface area contributed by atoms with E-state index in [9.17, 15) is 0 Å². The molecule has 9 rings (SSSR count). The van der Waals surface area contributed by atoms with Crippen LogP contribution in [-0.2, 0) is 0 Å². The van der Waals surface area contributed by atoms with Gasteiger partial charge in [0.2, 0.25) is 0 Å². The van der Waals surface area contributed by atoms with Crippen LogP contribution in [-0.4, -0.2) is 4.98 Å². The number of fused-ring (bicyclic) bond motifs is 6. The summed E-state index contributed by atoms with van der Waals surface area (Å²) in [6.45, 7) is 2.09. The van der Waals surface area contributed by atoms with Gasteiger partial charge in [-0.2, -0.15) is 0 Å². The van der Waals surface area contributed by atoms with Gasteiger partial charge >= 0.3 is 0 Å². The first-order valence-electron chi connectivity index (χ1n) is 15.8. The summed E-state index contributed by atoms with van der Waals surface area (Å²) in [5.41, 5.74) is 12.9. The molecule has 1 unspecified atom stereocenters. The molecule has 0 spiro atoms. The lowest BCUT2D eigenvalue weighted by Crippen LogP contribution is -2.16. The molecule has 8 aromatic rings. The fourth-order valence-electron chi connectivity index (χ4n) is 6.99. The van der Waals surface area contributed by atoms with Crippen LogP contribution in [0.4, 0.5) is 5.69 Å². The molecule has 1 N–H and O–H groups in total. The van der Waals surface area contributed by atoms with E-state index in [1.165, 1.54) is 64.7 Å². The van der Waals surface area contributed by atoms with Crippen LogP contribution in [0.5, 0.6) is 0 Å². The standard InChI is InChI=1S/C43H30N2S/c1-27-25-37(28-11-4-2-5-12-28)34-23-24-35-38(29-13-6-3-7-14-29)26-39(45-42(35)41(34)44-27)31-21-19-30(20-22-31)32-16-10-17-36-33-15-8-9-18-40(33)46-43(32)36/h2-26,39,45H,1H3. The topological polar surface area (TPSA) is 24.9 Å². The van der Waals surface area contributed by atoms with Gasteiger partial charge in [-0.3, -0.25) is 4.98 Å². The van der Waals surface area contributed by atoms with Crippen LogP contribution in [0.2, 0.25) is 0 Å². The number of hydrogen-bond acceptors (Lipinski definition) is 3. The van der Waals surface area contributed by atoms with Gasteiger partial charge in [-0.25, -0.2) is 0 Å². The average molecular weight is 607 g/mol. The highest BCUT2D eigenvalue weighted by molar-refractivity contribution is 7.26. The van der Waals surface area contributed by atoms with Crippen LogP contribution in [0.15, 0.2) is 152 Å². The van der Waals surface area contributed by atoms with Crippen molar-refractivity contribution in [1.29, 1.82) is 0 Å². The summed E-state index contributed by atoms with van der Waals surface area (Å²) < 4.78 is 2.67. The Morgan fingerprint density at radius 2 is 1.26 bits per heavy atom. The van der Waals surface area contributed by atoms with Crippen LogP contribution >= 0.6 is 11.3 Å². The first kappa shape index (κ1) is 26.9. The minimum atomic E-state index is -0.00929. The van der Waals surface area contributed by atoms with Crippen molar-refractivity contribution in [2.75, 3.05) is 5.32 Å². The monoisotopic (exact) mass is 606 g/mol. The van der Waals surface area contributed by atoms with Crippen molar-refractivity contribution in [2.45, 2.75) is 13.0 Å². The van der Waals surface area contributed by atoms with Gasteiger partial charge in [0.1, 0.15) is 0 Å². The minimum Gasteiger partial charge on any atom is -0.372 e. The van der Waals surface area contributed by atoms with Gasteiger partial charge < -0.3 is 5.32 Å². The highest BCUT2D eigenvalue weighted by Crippen LogP contribution is 2.45. The summed E-state index contributed by atoms with van der Waals surface area (Å²) in [6, 6.07) is 52.6. The zero-order valence-corrected chi connectivity index (χ0v) is 26.2. The van der Waals surface area contributed by atoms with Crippen LogP contribution in [0.1, 0.15) is 28.4 Å². The molecule has 1 aliphatic rings. The molecule has 0 amide bonds. The SMILES string of the molecule is Cc1cc(-c2ccccc2)c2ccc3c(c2n1)NC(c1ccc(-c2cccc4c2sc2ccccc24)cc1)C=C3c1ccccc1. The van der Waals surface area contributed by atoms with Crippen molar-refractivity contribution in [3.05, 3.63) is 174 Å². The largest absolute Gasteiger partial charge is 0.372 e. The Kier molecular flexibility index (Phi) is 6.32. The van der Waals surface area contributed by atoms with E-state index in [2.05, 4.69) is 164 Å². The third-order valence-corrected chi connectivity index (χ3v) is 10.4. The molecule has 0 saturated heterocycles. The molecule has 218 valence electrons. The number of nitrogens with one attached hydrogen (secondary N) is 1. The van der Waals surface area contributed by atoms with E-state index in [1.54, 1.807) is 0 Å². The Labute approximate surface area is 272 Å². The van der Waals surface area contributed by atoms with Gasteiger partial charge in [-0.15, -0.1) is 11.3 Å². The summed E-state index contributed by atoms with van der Waals surface area (Å²) in [7, 11) is 0. The predicted octanol–water partition coefficient (Wildman–Crippen LogP) is 11.8. The second kappa shape index (κ2) is 10.8. The molecule has 1 aliphatic heterocycles. The van der Waals surface area contributed by atoms with Crippen molar-refractivity contribution < 1.29 is 0 Å². The van der Waals surface area contributed by atoms with Crippen LogP contribution in [0, 0.1) is 6.92 Å². The van der Waals surface area contributed by atoms with Gasteiger partial charge in [-0.05, 0) is 64.1 Å². The van der Waals surface area contributed by atoms with Crippen molar-refractivity contribution in [3.63, 3.8) is 0 Å². The first-order valence-corrected chi connectivity index (χ1v) is 16.6. The Hall–Kier alpha value is -5.51. The molecule has 0 radical (unpaired) electrons. The van der Waals surface area contributed by atoms with E-state index in [4.69, 9.17) is 4.98 Å². The van der Waals surface area contributed by atoms with E-state index in [-0.39, 0.29) is 6.04 Å². The molecule has 0 saturated carbocycles. The summed E-state index contributed by atoms with van der Waals surface area (Å²) in [4.78, 5) is 5.14. The van der Waals surface area contributed by atoms with E-state index in [1.807, 2.05) is 11.3 Å². The number of rotatable bonds is 4. The Morgan fingerprint density at radius 1 is 0.565 bits per heavy atom. The lowest BCUT2D eigenvalue weighted by atomic mass is 9.87. The summed E-state index contributed by atoms with van der Waals surface area (Å²) >= 11 is 1.88. The van der Waals surface area contributed by atoms with Crippen molar-refractivity contribution in [1.82, 2.24) is 4.98 Å². The van der Waals surface area contributed by atoms with E-state index < -0.39 is 0 Å². The maximum Gasteiger partial charge on any atom is 0.0949 e. The smallest absolute Gasteiger partial charge is 0.0949 e. The maximum absolute atomic E-state index is 5.14. The minimum absolute atomic E-state index is 0.00929. The molecular weight excluding hydrogens is 577 g/mol. The summed E-state index contributed by atoms with van der Waals surface area (Å²) in [5, 5.41) is 7.74. The van der Waals surface area contributed by atoms with Gasteiger partial charge in [0.25, 0.3) is 0 Å². The van der Waals surface area contributed by atoms with Crippen molar-refractivity contribution in [2.24, 2.45) is 0 Å². The molecule has 0 fully saturated rings. The number of thiophene rings is 1. The number of aryl methyl sites for hydroxylation is 1. The molecule has 3 heterocycles. The predicted molar refractivity (Wildman–Crippen MR) is 197 cm³/mol. The van der Waals surface area contributed by atoms with E-state index in [0.29, 0.717) is 0 Å². The van der Waals surface area contributed by atoms with Gasteiger partial charge in [0.05, 0.1) is 17.2 Å². The fraction of sp³-hybridized carbons (Fsp3) is 0.0465. The van der Waals surface area contributed by atoms with Gasteiger partial charge in [0.15, 0.2) is 0 Å². The molecule has 46 heavy (non-hydrogen) atoms. The van der Waals surface area contributed by atoms with Crippen LogP contribution in [0.25, 0.3) is 58.9 Å². The van der Waals surface area contributed by atoms with Gasteiger partial charge in [0, 0.05) is 36.8 Å².